The van der Waals surface area contributed by atoms with Crippen molar-refractivity contribution < 1.29 is 0 Å². The summed E-state index contributed by atoms with van der Waals surface area (Å²) in [6, 6.07) is 0. The Morgan fingerprint density at radius 1 is 0.909 bits per heavy atom. The van der Waals surface area contributed by atoms with Crippen LogP contribution < -0.4 is 11.5 Å². The molecule has 0 rings (SSSR count). The Morgan fingerprint density at radius 2 is 1.18 bits per heavy atom. The number of rotatable bonds is 3. The lowest BCUT2D eigenvalue weighted by Gasteiger charge is -2.36. The molecular formula is C9H22N2. The van der Waals surface area contributed by atoms with Crippen molar-refractivity contribution in [2.45, 2.75) is 40.3 Å². The van der Waals surface area contributed by atoms with Crippen LogP contribution in [-0.4, -0.2) is 5.66 Å². The molecule has 2 heteroatoms. The van der Waals surface area contributed by atoms with Crippen LogP contribution in [0.4, 0.5) is 0 Å². The number of hydrogen-bond donors (Lipinski definition) is 2. The van der Waals surface area contributed by atoms with Gasteiger partial charge in [-0.3, -0.25) is 0 Å². The second-order valence-electron chi connectivity index (χ2n) is 4.38. The van der Waals surface area contributed by atoms with Gasteiger partial charge in [0.05, 0.1) is 5.66 Å². The van der Waals surface area contributed by atoms with E-state index in [1.54, 1.807) is 0 Å². The molecule has 0 amide bonds. The molecule has 0 saturated carbocycles. The third-order valence-corrected chi connectivity index (χ3v) is 2.15. The summed E-state index contributed by atoms with van der Waals surface area (Å²) in [5, 5.41) is 0. The maximum absolute atomic E-state index is 5.86. The highest BCUT2D eigenvalue weighted by Gasteiger charge is 2.30. The first-order valence-corrected chi connectivity index (χ1v) is 4.34. The fourth-order valence-electron chi connectivity index (χ4n) is 2.21. The molecule has 4 N–H and O–H groups in total. The van der Waals surface area contributed by atoms with Gasteiger partial charge < -0.3 is 11.5 Å². The van der Waals surface area contributed by atoms with Gasteiger partial charge in [0.15, 0.2) is 0 Å². The zero-order valence-electron chi connectivity index (χ0n) is 8.39. The monoisotopic (exact) mass is 158 g/mol. The van der Waals surface area contributed by atoms with Gasteiger partial charge in [-0.2, -0.15) is 0 Å². The molecule has 11 heavy (non-hydrogen) atoms. The van der Waals surface area contributed by atoms with E-state index in [1.807, 2.05) is 6.92 Å². The lowest BCUT2D eigenvalue weighted by Crippen LogP contribution is -2.56. The van der Waals surface area contributed by atoms with Crippen LogP contribution in [0.25, 0.3) is 0 Å². The zero-order valence-corrected chi connectivity index (χ0v) is 8.39. The third-order valence-electron chi connectivity index (χ3n) is 2.15. The molecule has 0 radical (unpaired) electrons. The van der Waals surface area contributed by atoms with E-state index in [4.69, 9.17) is 11.5 Å². The first kappa shape index (κ1) is 10.9. The first-order chi connectivity index (χ1) is 4.76. The molecule has 0 aliphatic carbocycles. The smallest absolute Gasteiger partial charge is 0.0641 e. The van der Waals surface area contributed by atoms with E-state index in [9.17, 15) is 0 Å². The predicted octanol–water partition coefficient (Wildman–Crippen LogP) is 1.55. The summed E-state index contributed by atoms with van der Waals surface area (Å²) in [6.45, 7) is 10.6. The predicted molar refractivity (Wildman–Crippen MR) is 49.9 cm³/mol. The summed E-state index contributed by atoms with van der Waals surface area (Å²) >= 11 is 0. The van der Waals surface area contributed by atoms with E-state index in [2.05, 4.69) is 27.7 Å². The highest BCUT2D eigenvalue weighted by Crippen LogP contribution is 2.26. The van der Waals surface area contributed by atoms with Crippen molar-refractivity contribution in [1.29, 1.82) is 0 Å². The largest absolute Gasteiger partial charge is 0.313 e. The fourth-order valence-corrected chi connectivity index (χ4v) is 2.21. The van der Waals surface area contributed by atoms with E-state index >= 15 is 0 Å². The van der Waals surface area contributed by atoms with Crippen molar-refractivity contribution in [3.63, 3.8) is 0 Å². The standard InChI is InChI=1S/C9H22N2/c1-6(2)8(7(3)4)9(5,10)11/h6-8H,10-11H2,1-5H3. The van der Waals surface area contributed by atoms with Gasteiger partial charge in [-0.1, -0.05) is 27.7 Å². The van der Waals surface area contributed by atoms with Crippen LogP contribution in [0.1, 0.15) is 34.6 Å². The van der Waals surface area contributed by atoms with Crippen LogP contribution in [0.5, 0.6) is 0 Å². The van der Waals surface area contributed by atoms with Gasteiger partial charge in [0.1, 0.15) is 0 Å². The van der Waals surface area contributed by atoms with Gasteiger partial charge in [0.25, 0.3) is 0 Å². The second-order valence-corrected chi connectivity index (χ2v) is 4.38. The summed E-state index contributed by atoms with van der Waals surface area (Å²) in [7, 11) is 0. The summed E-state index contributed by atoms with van der Waals surface area (Å²) in [6.07, 6.45) is 0. The maximum Gasteiger partial charge on any atom is 0.0641 e. The van der Waals surface area contributed by atoms with Crippen LogP contribution in [0.15, 0.2) is 0 Å². The van der Waals surface area contributed by atoms with Crippen molar-refractivity contribution in [3.05, 3.63) is 0 Å². The van der Waals surface area contributed by atoms with Gasteiger partial charge in [-0.05, 0) is 24.7 Å². The van der Waals surface area contributed by atoms with Crippen molar-refractivity contribution >= 4 is 0 Å². The van der Waals surface area contributed by atoms with Crippen LogP contribution >= 0.6 is 0 Å². The minimum Gasteiger partial charge on any atom is -0.313 e. The Kier molecular flexibility index (Phi) is 3.52. The van der Waals surface area contributed by atoms with E-state index in [-0.39, 0.29) is 0 Å². The Hall–Kier alpha value is -0.0800. The van der Waals surface area contributed by atoms with E-state index in [0.29, 0.717) is 17.8 Å². The summed E-state index contributed by atoms with van der Waals surface area (Å²) in [5.74, 6) is 1.49. The minimum atomic E-state index is -0.539. The molecule has 0 saturated heterocycles. The average Bonchev–Trinajstić information content (AvgIpc) is 1.54. The van der Waals surface area contributed by atoms with Gasteiger partial charge in [-0.15, -0.1) is 0 Å². The van der Waals surface area contributed by atoms with Gasteiger partial charge >= 0.3 is 0 Å². The van der Waals surface area contributed by atoms with Gasteiger partial charge in [-0.25, -0.2) is 0 Å². The zero-order chi connectivity index (χ0) is 9.23. The molecule has 0 bridgehead atoms. The summed E-state index contributed by atoms with van der Waals surface area (Å²) in [5.41, 5.74) is 11.2. The van der Waals surface area contributed by atoms with Gasteiger partial charge in [0, 0.05) is 0 Å². The van der Waals surface area contributed by atoms with Crippen LogP contribution in [0.3, 0.4) is 0 Å². The molecule has 0 heterocycles. The van der Waals surface area contributed by atoms with E-state index < -0.39 is 5.66 Å². The Morgan fingerprint density at radius 3 is 1.18 bits per heavy atom. The van der Waals surface area contributed by atoms with E-state index in [0.717, 1.165) is 0 Å². The topological polar surface area (TPSA) is 52.0 Å². The van der Waals surface area contributed by atoms with E-state index in [1.165, 1.54) is 0 Å². The quantitative estimate of drug-likeness (QED) is 0.612. The second kappa shape index (κ2) is 3.55. The fraction of sp³-hybridized carbons (Fsp3) is 1.00. The molecule has 0 spiro atoms. The lowest BCUT2D eigenvalue weighted by molar-refractivity contribution is 0.169. The highest BCUT2D eigenvalue weighted by atomic mass is 15.0. The van der Waals surface area contributed by atoms with Crippen LogP contribution in [0, 0.1) is 17.8 Å². The number of hydrogen-bond acceptors (Lipinski definition) is 2. The Labute approximate surface area is 70.3 Å². The Bertz CT molecular complexity index is 103. The molecule has 0 aromatic heterocycles. The first-order valence-electron chi connectivity index (χ1n) is 4.34. The van der Waals surface area contributed by atoms with Crippen LogP contribution in [-0.2, 0) is 0 Å². The number of nitrogens with two attached hydrogens (primary N) is 2. The molecule has 0 aliphatic rings. The molecule has 0 aromatic carbocycles. The van der Waals surface area contributed by atoms with Crippen molar-refractivity contribution in [2.24, 2.45) is 29.2 Å². The third kappa shape index (κ3) is 3.21. The molecule has 0 aromatic rings. The van der Waals surface area contributed by atoms with Gasteiger partial charge in [0.2, 0.25) is 0 Å². The van der Waals surface area contributed by atoms with Crippen LogP contribution in [0.2, 0.25) is 0 Å². The molecule has 0 fully saturated rings. The van der Waals surface area contributed by atoms with Crippen molar-refractivity contribution in [2.75, 3.05) is 0 Å². The summed E-state index contributed by atoms with van der Waals surface area (Å²) < 4.78 is 0. The molecule has 0 atom stereocenters. The lowest BCUT2D eigenvalue weighted by atomic mass is 9.77. The normalized spacial score (nSPS) is 13.6. The molecule has 2 nitrogen and oxygen atoms in total. The highest BCUT2D eigenvalue weighted by molar-refractivity contribution is 4.84. The SMILES string of the molecule is CC(C)C(C(C)C)C(C)(N)N. The molecule has 68 valence electrons. The molecule has 0 aliphatic heterocycles. The maximum atomic E-state index is 5.86. The Balaban J connectivity index is 4.35. The summed E-state index contributed by atoms with van der Waals surface area (Å²) in [4.78, 5) is 0. The average molecular weight is 158 g/mol. The minimum absolute atomic E-state index is 0.391. The van der Waals surface area contributed by atoms with Crippen molar-refractivity contribution in [3.8, 4) is 0 Å². The molecule has 0 unspecified atom stereocenters. The van der Waals surface area contributed by atoms with Crippen molar-refractivity contribution in [1.82, 2.24) is 0 Å². The molecular weight excluding hydrogens is 136 g/mol.